The van der Waals surface area contributed by atoms with Crippen LogP contribution in [0.25, 0.3) is 0 Å². The smallest absolute Gasteiger partial charge is 0.229 e. The largest absolute Gasteiger partial charge is 0.335 e. The molecule has 3 heteroatoms. The predicted molar refractivity (Wildman–Crippen MR) is 83.7 cm³/mol. The second-order valence-electron chi connectivity index (χ2n) is 6.51. The second kappa shape index (κ2) is 6.17. The molecule has 0 aromatic heterocycles. The molecule has 0 bridgehead atoms. The zero-order chi connectivity index (χ0) is 14.8. The van der Waals surface area contributed by atoms with Crippen LogP contribution in [0.4, 0.5) is 0 Å². The average Bonchev–Trinajstić information content (AvgIpc) is 3.29. The molecule has 1 atom stereocenters. The van der Waals surface area contributed by atoms with Crippen molar-refractivity contribution in [3.8, 4) is 0 Å². The number of carbonyl (C=O) groups excluding carboxylic acids is 1. The first kappa shape index (κ1) is 15.4. The molecule has 0 aliphatic heterocycles. The Bertz CT molecular complexity index is 453. The third-order valence-electron chi connectivity index (χ3n) is 4.17. The number of hydrogen-bond donors (Lipinski definition) is 0. The highest BCUT2D eigenvalue weighted by Crippen LogP contribution is 2.37. The summed E-state index contributed by atoms with van der Waals surface area (Å²) in [5.41, 5.74) is 0.679. The Balaban J connectivity index is 2.18. The number of carbonyl (C=O) groups is 1. The Hall–Kier alpha value is -1.02. The van der Waals surface area contributed by atoms with E-state index in [4.69, 9.17) is 11.6 Å². The Morgan fingerprint density at radius 1 is 1.35 bits per heavy atom. The summed E-state index contributed by atoms with van der Waals surface area (Å²) in [5, 5.41) is 0. The van der Waals surface area contributed by atoms with Crippen molar-refractivity contribution in [2.45, 2.75) is 46.2 Å². The highest BCUT2D eigenvalue weighted by Gasteiger charge is 2.39. The van der Waals surface area contributed by atoms with Gasteiger partial charge < -0.3 is 4.90 Å². The second-order valence-corrected chi connectivity index (χ2v) is 6.78. The van der Waals surface area contributed by atoms with Crippen LogP contribution in [0, 0.1) is 11.3 Å². The first-order valence-electron chi connectivity index (χ1n) is 7.36. The zero-order valence-corrected chi connectivity index (χ0v) is 13.4. The van der Waals surface area contributed by atoms with Crippen LogP contribution in [0.2, 0.25) is 0 Å². The summed E-state index contributed by atoms with van der Waals surface area (Å²) in [4.78, 5) is 14.8. The lowest BCUT2D eigenvalue weighted by atomic mass is 9.92. The highest BCUT2D eigenvalue weighted by molar-refractivity contribution is 6.19. The van der Waals surface area contributed by atoms with Gasteiger partial charge in [0.15, 0.2) is 0 Å². The van der Waals surface area contributed by atoms with Gasteiger partial charge in [0.05, 0.1) is 5.41 Å². The molecule has 1 aliphatic carbocycles. The van der Waals surface area contributed by atoms with Gasteiger partial charge in [-0.25, -0.2) is 0 Å². The van der Waals surface area contributed by atoms with Crippen LogP contribution >= 0.6 is 11.6 Å². The third kappa shape index (κ3) is 3.54. The Kier molecular flexibility index (Phi) is 4.74. The normalized spacial score (nSPS) is 16.8. The fraction of sp³-hybridized carbons (Fsp3) is 0.588. The van der Waals surface area contributed by atoms with Gasteiger partial charge in [0, 0.05) is 18.5 Å². The lowest BCUT2D eigenvalue weighted by Gasteiger charge is -2.35. The molecule has 2 rings (SSSR count). The van der Waals surface area contributed by atoms with Gasteiger partial charge in [0.2, 0.25) is 5.91 Å². The minimum absolute atomic E-state index is 0.163. The molecule has 0 N–H and O–H groups in total. The predicted octanol–water partition coefficient (Wildman–Crippen LogP) is 4.08. The van der Waals surface area contributed by atoms with Crippen LogP contribution in [0.15, 0.2) is 30.3 Å². The molecule has 1 aliphatic rings. The van der Waals surface area contributed by atoms with Crippen molar-refractivity contribution in [1.82, 2.24) is 4.90 Å². The van der Waals surface area contributed by atoms with E-state index in [1.807, 2.05) is 36.9 Å². The van der Waals surface area contributed by atoms with Crippen molar-refractivity contribution < 1.29 is 4.79 Å². The molecule has 110 valence electrons. The van der Waals surface area contributed by atoms with Crippen LogP contribution in [0.3, 0.4) is 0 Å². The van der Waals surface area contributed by atoms with E-state index in [-0.39, 0.29) is 5.91 Å². The summed E-state index contributed by atoms with van der Waals surface area (Å²) >= 11 is 5.99. The van der Waals surface area contributed by atoms with Gasteiger partial charge in [-0.3, -0.25) is 4.79 Å². The number of hydrogen-bond acceptors (Lipinski definition) is 1. The van der Waals surface area contributed by atoms with Gasteiger partial charge in [-0.2, -0.15) is 0 Å². The van der Waals surface area contributed by atoms with Crippen LogP contribution in [0.1, 0.15) is 39.2 Å². The van der Waals surface area contributed by atoms with Crippen molar-refractivity contribution in [3.63, 3.8) is 0 Å². The maximum Gasteiger partial charge on any atom is 0.229 e. The van der Waals surface area contributed by atoms with Gasteiger partial charge in [0.1, 0.15) is 0 Å². The summed E-state index contributed by atoms with van der Waals surface area (Å²) in [6, 6.07) is 10.5. The Morgan fingerprint density at radius 2 is 1.95 bits per heavy atom. The van der Waals surface area contributed by atoms with E-state index in [0.29, 0.717) is 24.4 Å². The average molecular weight is 294 g/mol. The maximum atomic E-state index is 12.8. The number of amides is 1. The molecule has 0 heterocycles. The number of rotatable bonds is 6. The minimum atomic E-state index is -0.501. The van der Waals surface area contributed by atoms with Gasteiger partial charge in [0.25, 0.3) is 0 Å². The monoisotopic (exact) mass is 293 g/mol. The van der Waals surface area contributed by atoms with Crippen molar-refractivity contribution >= 4 is 17.5 Å². The molecule has 1 aromatic carbocycles. The van der Waals surface area contributed by atoms with Crippen molar-refractivity contribution in [2.24, 2.45) is 11.3 Å². The summed E-state index contributed by atoms with van der Waals surface area (Å²) in [7, 11) is 0. The molecular formula is C17H24ClNO. The lowest BCUT2D eigenvalue weighted by Crippen LogP contribution is -2.46. The molecule has 1 amide bonds. The molecule has 0 radical (unpaired) electrons. The summed E-state index contributed by atoms with van der Waals surface area (Å²) < 4.78 is 0. The number of nitrogens with zero attached hydrogens (tertiary/aromatic N) is 1. The highest BCUT2D eigenvalue weighted by atomic mass is 35.5. The molecule has 1 saturated carbocycles. The maximum absolute atomic E-state index is 12.8. The molecular weight excluding hydrogens is 270 g/mol. The third-order valence-corrected chi connectivity index (χ3v) is 4.83. The first-order chi connectivity index (χ1) is 9.45. The fourth-order valence-electron chi connectivity index (χ4n) is 2.46. The standard InChI is InChI=1S/C17H24ClNO/c1-13(15-9-10-15)19(16(20)17(2,3)12-18)11-14-7-5-4-6-8-14/h4-8,13,15H,9-12H2,1-3H3. The molecule has 0 saturated heterocycles. The summed E-state index contributed by atoms with van der Waals surface area (Å²) in [6.45, 7) is 6.71. The molecule has 20 heavy (non-hydrogen) atoms. The SMILES string of the molecule is CC(C1CC1)N(Cc1ccccc1)C(=O)C(C)(C)CCl. The van der Waals surface area contributed by atoms with Gasteiger partial charge >= 0.3 is 0 Å². The van der Waals surface area contributed by atoms with Crippen molar-refractivity contribution in [3.05, 3.63) is 35.9 Å². The molecule has 1 unspecified atom stereocenters. The molecule has 0 spiro atoms. The van der Waals surface area contributed by atoms with E-state index in [0.717, 1.165) is 0 Å². The van der Waals surface area contributed by atoms with Crippen molar-refractivity contribution in [1.29, 1.82) is 0 Å². The summed E-state index contributed by atoms with van der Waals surface area (Å²) in [6.07, 6.45) is 2.47. The number of benzene rings is 1. The molecule has 1 aromatic rings. The van der Waals surface area contributed by atoms with Crippen LogP contribution < -0.4 is 0 Å². The van der Waals surface area contributed by atoms with Gasteiger partial charge in [-0.05, 0) is 45.1 Å². The quantitative estimate of drug-likeness (QED) is 0.724. The van der Waals surface area contributed by atoms with Gasteiger partial charge in [-0.15, -0.1) is 11.6 Å². The first-order valence-corrected chi connectivity index (χ1v) is 7.90. The van der Waals surface area contributed by atoms with Crippen LogP contribution in [0.5, 0.6) is 0 Å². The fourth-order valence-corrected chi connectivity index (χ4v) is 2.57. The number of halogens is 1. The van der Waals surface area contributed by atoms with Crippen molar-refractivity contribution in [2.75, 3.05) is 5.88 Å². The van der Waals surface area contributed by atoms with Crippen LogP contribution in [-0.2, 0) is 11.3 Å². The molecule has 1 fully saturated rings. The zero-order valence-electron chi connectivity index (χ0n) is 12.6. The van der Waals surface area contributed by atoms with E-state index >= 15 is 0 Å². The van der Waals surface area contributed by atoms with E-state index in [2.05, 4.69) is 19.1 Å². The summed E-state index contributed by atoms with van der Waals surface area (Å²) in [5.74, 6) is 1.18. The van der Waals surface area contributed by atoms with E-state index in [9.17, 15) is 4.79 Å². The van der Waals surface area contributed by atoms with Gasteiger partial charge in [-0.1, -0.05) is 30.3 Å². The lowest BCUT2D eigenvalue weighted by molar-refractivity contribution is -0.142. The number of alkyl halides is 1. The van der Waals surface area contributed by atoms with E-state index in [1.54, 1.807) is 0 Å². The molecule has 2 nitrogen and oxygen atoms in total. The van der Waals surface area contributed by atoms with E-state index < -0.39 is 5.41 Å². The Labute approximate surface area is 127 Å². The topological polar surface area (TPSA) is 20.3 Å². The minimum Gasteiger partial charge on any atom is -0.335 e. The Morgan fingerprint density at radius 3 is 2.45 bits per heavy atom. The van der Waals surface area contributed by atoms with E-state index in [1.165, 1.54) is 18.4 Å². The van der Waals surface area contributed by atoms with Crippen LogP contribution in [-0.4, -0.2) is 22.7 Å².